The summed E-state index contributed by atoms with van der Waals surface area (Å²) in [7, 11) is 0. The van der Waals surface area contributed by atoms with E-state index in [2.05, 4.69) is 11.8 Å². The van der Waals surface area contributed by atoms with Crippen LogP contribution in [0.1, 0.15) is 45.4 Å². The lowest BCUT2D eigenvalue weighted by Crippen LogP contribution is -2.49. The van der Waals surface area contributed by atoms with Crippen LogP contribution in [0.5, 0.6) is 0 Å². The zero-order valence-electron chi connectivity index (χ0n) is 10.9. The first-order valence-corrected chi connectivity index (χ1v) is 6.99. The largest absolute Gasteiger partial charge is 0.375 e. The highest BCUT2D eigenvalue weighted by Crippen LogP contribution is 2.20. The first-order chi connectivity index (χ1) is 8.29. The molecule has 0 bridgehead atoms. The van der Waals surface area contributed by atoms with Crippen LogP contribution in [-0.2, 0) is 4.74 Å². The van der Waals surface area contributed by atoms with Gasteiger partial charge in [-0.15, -0.1) is 0 Å². The van der Waals surface area contributed by atoms with Gasteiger partial charge < -0.3 is 15.4 Å². The van der Waals surface area contributed by atoms with Gasteiger partial charge in [0.2, 0.25) is 0 Å². The van der Waals surface area contributed by atoms with E-state index in [-0.39, 0.29) is 0 Å². The Morgan fingerprint density at radius 2 is 2.12 bits per heavy atom. The number of ether oxygens (including phenoxy) is 1. The molecule has 0 spiro atoms. The van der Waals surface area contributed by atoms with Crippen molar-refractivity contribution in [2.75, 3.05) is 19.7 Å². The Morgan fingerprint density at radius 3 is 2.82 bits per heavy atom. The van der Waals surface area contributed by atoms with E-state index in [9.17, 15) is 0 Å². The quantitative estimate of drug-likeness (QED) is 0.590. The summed E-state index contributed by atoms with van der Waals surface area (Å²) in [6.07, 6.45) is 7.77. The van der Waals surface area contributed by atoms with E-state index in [1.165, 1.54) is 32.1 Å². The average Bonchev–Trinajstić information content (AvgIpc) is 2.40. The van der Waals surface area contributed by atoms with Gasteiger partial charge in [-0.1, -0.05) is 26.2 Å². The van der Waals surface area contributed by atoms with Crippen LogP contribution >= 0.6 is 0 Å². The average molecular weight is 239 g/mol. The van der Waals surface area contributed by atoms with Crippen LogP contribution in [0.2, 0.25) is 0 Å². The number of guanidine groups is 1. The van der Waals surface area contributed by atoms with Gasteiger partial charge in [0, 0.05) is 13.1 Å². The number of hydrogen-bond acceptors (Lipinski definition) is 2. The van der Waals surface area contributed by atoms with Crippen molar-refractivity contribution >= 4 is 5.96 Å². The second-order valence-electron chi connectivity index (χ2n) is 5.13. The summed E-state index contributed by atoms with van der Waals surface area (Å²) >= 11 is 0. The molecule has 4 heteroatoms. The summed E-state index contributed by atoms with van der Waals surface area (Å²) < 4.78 is 5.65. The lowest BCUT2D eigenvalue weighted by atomic mass is 9.96. The highest BCUT2D eigenvalue weighted by atomic mass is 16.5. The molecule has 2 fully saturated rings. The van der Waals surface area contributed by atoms with Crippen LogP contribution in [0.3, 0.4) is 0 Å². The van der Waals surface area contributed by atoms with E-state index in [4.69, 9.17) is 15.5 Å². The van der Waals surface area contributed by atoms with Crippen LogP contribution < -0.4 is 5.73 Å². The van der Waals surface area contributed by atoms with Gasteiger partial charge in [-0.05, 0) is 19.3 Å². The summed E-state index contributed by atoms with van der Waals surface area (Å²) in [5.74, 6) is 0.735. The second-order valence-corrected chi connectivity index (χ2v) is 5.13. The zero-order chi connectivity index (χ0) is 12.1. The molecule has 0 amide bonds. The molecule has 1 heterocycles. The zero-order valence-corrected chi connectivity index (χ0v) is 10.9. The van der Waals surface area contributed by atoms with Crippen molar-refractivity contribution in [3.63, 3.8) is 0 Å². The number of aliphatic imine (C=N–C) groups is 1. The van der Waals surface area contributed by atoms with Gasteiger partial charge >= 0.3 is 0 Å². The normalized spacial score (nSPS) is 28.4. The molecule has 1 saturated heterocycles. The minimum Gasteiger partial charge on any atom is -0.375 e. The number of morpholine rings is 1. The molecule has 1 unspecified atom stereocenters. The highest BCUT2D eigenvalue weighted by Gasteiger charge is 2.21. The molecule has 1 aliphatic heterocycles. The maximum absolute atomic E-state index is 6.12. The molecule has 1 atom stereocenters. The Balaban J connectivity index is 1.88. The fraction of sp³-hybridized carbons (Fsp3) is 0.923. The SMILES string of the molecule is CCC1CN(C(N)=NC2CCCCC2)CCO1. The fourth-order valence-electron chi connectivity index (χ4n) is 2.65. The van der Waals surface area contributed by atoms with Gasteiger partial charge in [-0.2, -0.15) is 0 Å². The van der Waals surface area contributed by atoms with Gasteiger partial charge in [0.05, 0.1) is 18.8 Å². The Morgan fingerprint density at radius 1 is 1.35 bits per heavy atom. The predicted molar refractivity (Wildman–Crippen MR) is 70.1 cm³/mol. The molecule has 0 aromatic carbocycles. The van der Waals surface area contributed by atoms with Gasteiger partial charge in [-0.3, -0.25) is 0 Å². The van der Waals surface area contributed by atoms with Crippen molar-refractivity contribution in [3.05, 3.63) is 0 Å². The number of hydrogen-bond donors (Lipinski definition) is 1. The van der Waals surface area contributed by atoms with E-state index in [1.54, 1.807) is 0 Å². The molecule has 4 nitrogen and oxygen atoms in total. The third-order valence-electron chi connectivity index (χ3n) is 3.81. The van der Waals surface area contributed by atoms with Gasteiger partial charge in [0.1, 0.15) is 0 Å². The number of nitrogens with two attached hydrogens (primary N) is 1. The topological polar surface area (TPSA) is 50.8 Å². The second kappa shape index (κ2) is 6.24. The molecule has 2 aliphatic rings. The summed E-state index contributed by atoms with van der Waals surface area (Å²) in [4.78, 5) is 6.88. The molecule has 2 N–H and O–H groups in total. The summed E-state index contributed by atoms with van der Waals surface area (Å²) in [6.45, 7) is 4.72. The summed E-state index contributed by atoms with van der Waals surface area (Å²) in [5, 5.41) is 0. The van der Waals surface area contributed by atoms with Crippen LogP contribution in [-0.4, -0.2) is 42.7 Å². The maximum atomic E-state index is 6.12. The predicted octanol–water partition coefficient (Wildman–Crippen LogP) is 1.74. The van der Waals surface area contributed by atoms with Crippen molar-refractivity contribution in [2.24, 2.45) is 10.7 Å². The Kier molecular flexibility index (Phi) is 4.66. The molecule has 98 valence electrons. The molecule has 0 radical (unpaired) electrons. The molecule has 2 rings (SSSR count). The van der Waals surface area contributed by atoms with E-state index < -0.39 is 0 Å². The van der Waals surface area contributed by atoms with Crippen LogP contribution in [0.4, 0.5) is 0 Å². The summed E-state index contributed by atoms with van der Waals surface area (Å²) in [6, 6.07) is 0.465. The lowest BCUT2D eigenvalue weighted by molar-refractivity contribution is -0.00754. The molecule has 1 aliphatic carbocycles. The standard InChI is InChI=1S/C13H25N3O/c1-2-12-10-16(8-9-17-12)13(14)15-11-6-4-3-5-7-11/h11-12H,2-10H2,1H3,(H2,14,15). The molecule has 1 saturated carbocycles. The molecular formula is C13H25N3O. The molecule has 17 heavy (non-hydrogen) atoms. The van der Waals surface area contributed by atoms with E-state index >= 15 is 0 Å². The molecular weight excluding hydrogens is 214 g/mol. The van der Waals surface area contributed by atoms with E-state index in [1.807, 2.05) is 0 Å². The lowest BCUT2D eigenvalue weighted by Gasteiger charge is -2.33. The highest BCUT2D eigenvalue weighted by molar-refractivity contribution is 5.78. The monoisotopic (exact) mass is 239 g/mol. The fourth-order valence-corrected chi connectivity index (χ4v) is 2.65. The van der Waals surface area contributed by atoms with Crippen molar-refractivity contribution in [1.82, 2.24) is 4.90 Å². The Hall–Kier alpha value is -0.770. The van der Waals surface area contributed by atoms with E-state index in [0.29, 0.717) is 12.1 Å². The van der Waals surface area contributed by atoms with Crippen molar-refractivity contribution in [1.29, 1.82) is 0 Å². The van der Waals surface area contributed by atoms with Crippen LogP contribution in [0.25, 0.3) is 0 Å². The Labute approximate surface area is 104 Å². The Bertz CT molecular complexity index is 261. The molecule has 0 aromatic rings. The van der Waals surface area contributed by atoms with Crippen molar-refractivity contribution in [3.8, 4) is 0 Å². The maximum Gasteiger partial charge on any atom is 0.191 e. The first-order valence-electron chi connectivity index (χ1n) is 6.99. The van der Waals surface area contributed by atoms with Crippen LogP contribution in [0, 0.1) is 0 Å². The van der Waals surface area contributed by atoms with Gasteiger partial charge in [-0.25, -0.2) is 4.99 Å². The van der Waals surface area contributed by atoms with Crippen molar-refractivity contribution in [2.45, 2.75) is 57.6 Å². The summed E-state index contributed by atoms with van der Waals surface area (Å²) in [5.41, 5.74) is 6.12. The number of nitrogens with zero attached hydrogens (tertiary/aromatic N) is 2. The van der Waals surface area contributed by atoms with Crippen LogP contribution in [0.15, 0.2) is 4.99 Å². The third kappa shape index (κ3) is 3.60. The molecule has 0 aromatic heterocycles. The number of rotatable bonds is 2. The minimum atomic E-state index is 0.323. The first kappa shape index (κ1) is 12.7. The van der Waals surface area contributed by atoms with E-state index in [0.717, 1.165) is 32.1 Å². The van der Waals surface area contributed by atoms with Gasteiger partial charge in [0.25, 0.3) is 0 Å². The smallest absolute Gasteiger partial charge is 0.191 e. The van der Waals surface area contributed by atoms with Gasteiger partial charge in [0.15, 0.2) is 5.96 Å². The minimum absolute atomic E-state index is 0.323. The van der Waals surface area contributed by atoms with Crippen molar-refractivity contribution < 1.29 is 4.74 Å². The third-order valence-corrected chi connectivity index (χ3v) is 3.81.